The highest BCUT2D eigenvalue weighted by molar-refractivity contribution is 5.94. The lowest BCUT2D eigenvalue weighted by molar-refractivity contribution is -0.121. The van der Waals surface area contributed by atoms with Gasteiger partial charge in [0.05, 0.1) is 11.6 Å². The summed E-state index contributed by atoms with van der Waals surface area (Å²) in [5.41, 5.74) is 2.25. The molecule has 1 saturated carbocycles. The molecular formula is C23H25NO3. The Hall–Kier alpha value is -2.80. The number of hydrogen-bond acceptors (Lipinski definition) is 4. The summed E-state index contributed by atoms with van der Waals surface area (Å²) < 4.78 is 12.3. The van der Waals surface area contributed by atoms with Crippen LogP contribution in [0.15, 0.2) is 42.5 Å². The summed E-state index contributed by atoms with van der Waals surface area (Å²) in [7, 11) is 0. The SMILES string of the molecule is CCc1cc(O[C@H]2C[C@H](Oc3ccc(C(C)=O)cc3)C2(C)C)ccc1C#N. The lowest BCUT2D eigenvalue weighted by Crippen LogP contribution is -2.58. The number of ether oxygens (including phenoxy) is 2. The van der Waals surface area contributed by atoms with Gasteiger partial charge in [-0.3, -0.25) is 4.79 Å². The van der Waals surface area contributed by atoms with Gasteiger partial charge in [-0.2, -0.15) is 5.26 Å². The fourth-order valence-corrected chi connectivity index (χ4v) is 3.39. The highest BCUT2D eigenvalue weighted by Gasteiger charge is 2.52. The Labute approximate surface area is 160 Å². The molecule has 4 heteroatoms. The first-order chi connectivity index (χ1) is 12.8. The largest absolute Gasteiger partial charge is 0.490 e. The second-order valence-corrected chi connectivity index (χ2v) is 7.63. The van der Waals surface area contributed by atoms with Crippen LogP contribution in [0.25, 0.3) is 0 Å². The van der Waals surface area contributed by atoms with Crippen molar-refractivity contribution in [1.29, 1.82) is 5.26 Å². The maximum atomic E-state index is 11.4. The summed E-state index contributed by atoms with van der Waals surface area (Å²) in [6, 6.07) is 15.1. The molecule has 1 aliphatic carbocycles. The van der Waals surface area contributed by atoms with Crippen molar-refractivity contribution in [3.63, 3.8) is 0 Å². The number of nitrogens with zero attached hydrogens (tertiary/aromatic N) is 1. The summed E-state index contributed by atoms with van der Waals surface area (Å²) in [5.74, 6) is 1.62. The number of Topliss-reactive ketones (excluding diaryl/α,β-unsaturated/α-hetero) is 1. The minimum atomic E-state index is -0.139. The Morgan fingerprint density at radius 1 is 1.11 bits per heavy atom. The molecule has 0 spiro atoms. The first-order valence-corrected chi connectivity index (χ1v) is 9.32. The van der Waals surface area contributed by atoms with Crippen LogP contribution in [0.4, 0.5) is 0 Å². The van der Waals surface area contributed by atoms with Gasteiger partial charge in [0.2, 0.25) is 0 Å². The van der Waals surface area contributed by atoms with E-state index >= 15 is 0 Å². The van der Waals surface area contributed by atoms with E-state index in [4.69, 9.17) is 14.7 Å². The van der Waals surface area contributed by atoms with Crippen LogP contribution in [0, 0.1) is 16.7 Å². The van der Waals surface area contributed by atoms with Crippen LogP contribution in [0.1, 0.15) is 55.6 Å². The zero-order valence-electron chi connectivity index (χ0n) is 16.3. The first-order valence-electron chi connectivity index (χ1n) is 9.32. The molecule has 0 aliphatic heterocycles. The van der Waals surface area contributed by atoms with Crippen molar-refractivity contribution in [1.82, 2.24) is 0 Å². The minimum Gasteiger partial charge on any atom is -0.490 e. The van der Waals surface area contributed by atoms with E-state index in [0.29, 0.717) is 11.1 Å². The molecule has 140 valence electrons. The van der Waals surface area contributed by atoms with Crippen LogP contribution in [-0.4, -0.2) is 18.0 Å². The minimum absolute atomic E-state index is 0.0489. The number of rotatable bonds is 6. The number of hydrogen-bond donors (Lipinski definition) is 0. The number of nitriles is 1. The molecule has 0 radical (unpaired) electrons. The first kappa shape index (κ1) is 19.0. The summed E-state index contributed by atoms with van der Waals surface area (Å²) in [5, 5.41) is 9.16. The van der Waals surface area contributed by atoms with E-state index in [1.165, 1.54) is 0 Å². The standard InChI is InChI=1S/C23H25NO3/c1-5-16-12-20(11-8-18(16)14-24)27-22-13-21(23(22,3)4)26-19-9-6-17(7-10-19)15(2)25/h6-12,21-22H,5,13H2,1-4H3/t21-,22-/m0/s1. The van der Waals surface area contributed by atoms with Gasteiger partial charge in [0.1, 0.15) is 23.7 Å². The second-order valence-electron chi connectivity index (χ2n) is 7.63. The quantitative estimate of drug-likeness (QED) is 0.682. The second kappa shape index (κ2) is 7.44. The Morgan fingerprint density at radius 2 is 1.70 bits per heavy atom. The lowest BCUT2D eigenvalue weighted by atomic mass is 9.66. The number of aryl methyl sites for hydroxylation is 1. The van der Waals surface area contributed by atoms with E-state index in [9.17, 15) is 4.79 Å². The van der Waals surface area contributed by atoms with Gasteiger partial charge in [0, 0.05) is 17.4 Å². The van der Waals surface area contributed by atoms with E-state index in [0.717, 1.165) is 29.9 Å². The lowest BCUT2D eigenvalue weighted by Gasteiger charge is -2.50. The highest BCUT2D eigenvalue weighted by Crippen LogP contribution is 2.45. The van der Waals surface area contributed by atoms with Crippen LogP contribution in [-0.2, 0) is 6.42 Å². The molecule has 2 aromatic rings. The number of benzene rings is 2. The molecule has 2 aromatic carbocycles. The van der Waals surface area contributed by atoms with Crippen molar-refractivity contribution in [2.24, 2.45) is 5.41 Å². The van der Waals surface area contributed by atoms with Gasteiger partial charge in [-0.15, -0.1) is 0 Å². The molecule has 0 saturated heterocycles. The molecule has 1 fully saturated rings. The summed E-state index contributed by atoms with van der Waals surface area (Å²) in [6.07, 6.45) is 1.70. The molecule has 0 bridgehead atoms. The van der Waals surface area contributed by atoms with Gasteiger partial charge in [-0.25, -0.2) is 0 Å². The molecule has 0 N–H and O–H groups in total. The Bertz CT molecular complexity index is 877. The average Bonchev–Trinajstić information content (AvgIpc) is 2.67. The van der Waals surface area contributed by atoms with E-state index in [-0.39, 0.29) is 23.4 Å². The fraction of sp³-hybridized carbons (Fsp3) is 0.391. The predicted molar refractivity (Wildman–Crippen MR) is 104 cm³/mol. The molecule has 3 rings (SSSR count). The summed E-state index contributed by atoms with van der Waals surface area (Å²) in [6.45, 7) is 7.87. The normalized spacial score (nSPS) is 20.3. The molecule has 0 unspecified atom stereocenters. The zero-order chi connectivity index (χ0) is 19.6. The van der Waals surface area contributed by atoms with E-state index < -0.39 is 0 Å². The fourth-order valence-electron chi connectivity index (χ4n) is 3.39. The number of ketones is 1. The Morgan fingerprint density at radius 3 is 2.22 bits per heavy atom. The van der Waals surface area contributed by atoms with Crippen molar-refractivity contribution in [2.75, 3.05) is 0 Å². The maximum absolute atomic E-state index is 11.4. The monoisotopic (exact) mass is 363 g/mol. The van der Waals surface area contributed by atoms with Crippen LogP contribution < -0.4 is 9.47 Å². The molecule has 1 aliphatic rings. The molecular weight excluding hydrogens is 338 g/mol. The van der Waals surface area contributed by atoms with Crippen molar-refractivity contribution in [2.45, 2.75) is 52.7 Å². The van der Waals surface area contributed by atoms with E-state index in [1.54, 1.807) is 19.1 Å². The van der Waals surface area contributed by atoms with Crippen molar-refractivity contribution in [3.8, 4) is 17.6 Å². The van der Waals surface area contributed by atoms with Crippen LogP contribution >= 0.6 is 0 Å². The van der Waals surface area contributed by atoms with Gasteiger partial charge < -0.3 is 9.47 Å². The Balaban J connectivity index is 1.64. The molecule has 2 atom stereocenters. The van der Waals surface area contributed by atoms with Gasteiger partial charge >= 0.3 is 0 Å². The third-order valence-electron chi connectivity index (χ3n) is 5.48. The zero-order valence-corrected chi connectivity index (χ0v) is 16.3. The highest BCUT2D eigenvalue weighted by atomic mass is 16.5. The van der Waals surface area contributed by atoms with Crippen molar-refractivity contribution >= 4 is 5.78 Å². The molecule has 4 nitrogen and oxygen atoms in total. The predicted octanol–water partition coefficient (Wildman–Crippen LogP) is 4.95. The van der Waals surface area contributed by atoms with Gasteiger partial charge in [0.25, 0.3) is 0 Å². The third-order valence-corrected chi connectivity index (χ3v) is 5.48. The summed E-state index contributed by atoms with van der Waals surface area (Å²) >= 11 is 0. The number of carbonyl (C=O) groups excluding carboxylic acids is 1. The molecule has 0 amide bonds. The number of carbonyl (C=O) groups is 1. The maximum Gasteiger partial charge on any atom is 0.159 e. The molecule has 0 aromatic heterocycles. The summed E-state index contributed by atoms with van der Waals surface area (Å²) in [4.78, 5) is 11.4. The van der Waals surface area contributed by atoms with E-state index in [1.807, 2.05) is 37.3 Å². The van der Waals surface area contributed by atoms with Crippen molar-refractivity contribution in [3.05, 3.63) is 59.2 Å². The molecule has 0 heterocycles. The van der Waals surface area contributed by atoms with Gasteiger partial charge in [0.15, 0.2) is 5.78 Å². The Kier molecular flexibility index (Phi) is 5.23. The van der Waals surface area contributed by atoms with Gasteiger partial charge in [-0.05, 0) is 61.4 Å². The van der Waals surface area contributed by atoms with Crippen LogP contribution in [0.2, 0.25) is 0 Å². The van der Waals surface area contributed by atoms with Crippen LogP contribution in [0.5, 0.6) is 11.5 Å². The third kappa shape index (κ3) is 3.83. The molecule has 27 heavy (non-hydrogen) atoms. The van der Waals surface area contributed by atoms with Crippen molar-refractivity contribution < 1.29 is 14.3 Å². The van der Waals surface area contributed by atoms with Crippen LogP contribution in [0.3, 0.4) is 0 Å². The van der Waals surface area contributed by atoms with Gasteiger partial charge in [-0.1, -0.05) is 20.8 Å². The topological polar surface area (TPSA) is 59.3 Å². The van der Waals surface area contributed by atoms with E-state index in [2.05, 4.69) is 19.9 Å². The smallest absolute Gasteiger partial charge is 0.159 e. The average molecular weight is 363 g/mol.